The van der Waals surface area contributed by atoms with Crippen LogP contribution in [0.1, 0.15) is 4.88 Å². The summed E-state index contributed by atoms with van der Waals surface area (Å²) < 4.78 is 35.6. The molecule has 0 N–H and O–H groups in total. The summed E-state index contributed by atoms with van der Waals surface area (Å²) in [5.41, 5.74) is 1.83. The van der Waals surface area contributed by atoms with E-state index in [0.29, 0.717) is 23.9 Å². The van der Waals surface area contributed by atoms with Gasteiger partial charge in [-0.15, -0.1) is 11.3 Å². The van der Waals surface area contributed by atoms with E-state index >= 15 is 0 Å². The molecule has 0 bridgehead atoms. The first-order valence-electron chi connectivity index (χ1n) is 8.38. The van der Waals surface area contributed by atoms with Gasteiger partial charge in [-0.05, 0) is 30.3 Å². The van der Waals surface area contributed by atoms with Crippen molar-refractivity contribution in [1.82, 2.24) is 19.7 Å². The number of benzene rings is 2. The highest BCUT2D eigenvalue weighted by molar-refractivity contribution is 9.10. The van der Waals surface area contributed by atoms with E-state index in [2.05, 4.69) is 26.0 Å². The maximum Gasteiger partial charge on any atom is 0.192 e. The Labute approximate surface area is 170 Å². The zero-order valence-electron chi connectivity index (χ0n) is 14.2. The molecule has 5 rings (SSSR count). The topological polar surface area (TPSA) is 52.8 Å². The fraction of sp³-hybridized carbons (Fsp3) is 0.105. The molecule has 1 aliphatic rings. The summed E-state index contributed by atoms with van der Waals surface area (Å²) in [5, 5.41) is 4.72. The number of ether oxygens (including phenoxy) is 1. The summed E-state index contributed by atoms with van der Waals surface area (Å²) in [7, 11) is 0. The zero-order chi connectivity index (χ0) is 19.3. The molecule has 3 heterocycles. The van der Waals surface area contributed by atoms with Crippen LogP contribution in [-0.2, 0) is 6.42 Å². The standard InChI is InChI=1S/C19H11BrF2N4OS/c20-10-1-4-15-12(7-10)17-16(5-6-27-15)28-19(25-17)18-23-9-24-26(18)14-3-2-11(21)8-13(14)22/h1-4,7-9H,5-6H2. The van der Waals surface area contributed by atoms with Crippen molar-refractivity contribution in [2.24, 2.45) is 0 Å². The Morgan fingerprint density at radius 2 is 2.04 bits per heavy atom. The average molecular weight is 461 g/mol. The molecule has 0 saturated heterocycles. The minimum Gasteiger partial charge on any atom is -0.493 e. The van der Waals surface area contributed by atoms with Crippen LogP contribution in [0.5, 0.6) is 5.75 Å². The lowest BCUT2D eigenvalue weighted by atomic mass is 10.1. The van der Waals surface area contributed by atoms with Crippen LogP contribution in [0.3, 0.4) is 0 Å². The quantitative estimate of drug-likeness (QED) is 0.420. The molecule has 2 aromatic heterocycles. The van der Waals surface area contributed by atoms with Crippen molar-refractivity contribution in [1.29, 1.82) is 0 Å². The van der Waals surface area contributed by atoms with E-state index < -0.39 is 11.6 Å². The van der Waals surface area contributed by atoms with Gasteiger partial charge in [0.1, 0.15) is 23.6 Å². The monoisotopic (exact) mass is 460 g/mol. The molecule has 0 saturated carbocycles. The Morgan fingerprint density at radius 1 is 1.14 bits per heavy atom. The molecule has 1 aliphatic heterocycles. The molecule has 0 fully saturated rings. The summed E-state index contributed by atoms with van der Waals surface area (Å²) in [6.07, 6.45) is 2.04. The highest BCUT2D eigenvalue weighted by atomic mass is 79.9. The van der Waals surface area contributed by atoms with E-state index in [1.807, 2.05) is 18.2 Å². The van der Waals surface area contributed by atoms with Crippen molar-refractivity contribution in [2.75, 3.05) is 6.61 Å². The molecule has 9 heteroatoms. The minimum atomic E-state index is -0.715. The van der Waals surface area contributed by atoms with Crippen molar-refractivity contribution < 1.29 is 13.5 Å². The number of fused-ring (bicyclic) bond motifs is 3. The van der Waals surface area contributed by atoms with E-state index in [1.54, 1.807) is 0 Å². The predicted octanol–water partition coefficient (Wildman–Crippen LogP) is 5.03. The first kappa shape index (κ1) is 17.4. The van der Waals surface area contributed by atoms with Crippen LogP contribution < -0.4 is 4.74 Å². The number of rotatable bonds is 2. The molecule has 0 atom stereocenters. The molecule has 4 aromatic rings. The number of hydrogen-bond acceptors (Lipinski definition) is 5. The van der Waals surface area contributed by atoms with Gasteiger partial charge in [-0.2, -0.15) is 5.10 Å². The second kappa shape index (κ2) is 6.75. The largest absolute Gasteiger partial charge is 0.493 e. The van der Waals surface area contributed by atoms with Gasteiger partial charge in [0.05, 0.1) is 12.3 Å². The maximum atomic E-state index is 14.3. The van der Waals surface area contributed by atoms with Gasteiger partial charge in [-0.25, -0.2) is 23.4 Å². The number of halogens is 3. The van der Waals surface area contributed by atoms with E-state index in [0.717, 1.165) is 32.4 Å². The van der Waals surface area contributed by atoms with Crippen LogP contribution in [-0.4, -0.2) is 26.4 Å². The smallest absolute Gasteiger partial charge is 0.192 e. The highest BCUT2D eigenvalue weighted by Crippen LogP contribution is 2.41. The first-order chi connectivity index (χ1) is 13.6. The summed E-state index contributed by atoms with van der Waals surface area (Å²) in [6.45, 7) is 0.544. The second-order valence-corrected chi connectivity index (χ2v) is 8.12. The van der Waals surface area contributed by atoms with Gasteiger partial charge >= 0.3 is 0 Å². The SMILES string of the molecule is Fc1ccc(-n2ncnc2-c2nc3c(s2)CCOc2ccc(Br)cc2-3)c(F)c1. The lowest BCUT2D eigenvalue weighted by Gasteiger charge is -2.07. The van der Waals surface area contributed by atoms with Crippen LogP contribution in [0.4, 0.5) is 8.78 Å². The van der Waals surface area contributed by atoms with Crippen molar-refractivity contribution >= 4 is 27.3 Å². The Balaban J connectivity index is 1.65. The van der Waals surface area contributed by atoms with Gasteiger partial charge in [-0.3, -0.25) is 0 Å². The van der Waals surface area contributed by atoms with Gasteiger partial charge in [-0.1, -0.05) is 15.9 Å². The van der Waals surface area contributed by atoms with E-state index in [9.17, 15) is 8.78 Å². The fourth-order valence-corrected chi connectivity index (χ4v) is 4.51. The molecule has 0 aliphatic carbocycles. The van der Waals surface area contributed by atoms with Gasteiger partial charge in [0.15, 0.2) is 16.6 Å². The third kappa shape index (κ3) is 2.91. The molecular weight excluding hydrogens is 450 g/mol. The van der Waals surface area contributed by atoms with E-state index in [-0.39, 0.29) is 5.69 Å². The first-order valence-corrected chi connectivity index (χ1v) is 9.99. The summed E-state index contributed by atoms with van der Waals surface area (Å²) >= 11 is 4.96. The van der Waals surface area contributed by atoms with Crippen molar-refractivity contribution in [3.05, 3.63) is 63.7 Å². The summed E-state index contributed by atoms with van der Waals surface area (Å²) in [6, 6.07) is 9.14. The number of thiazole rings is 1. The average Bonchev–Trinajstić information content (AvgIpc) is 3.27. The van der Waals surface area contributed by atoms with Crippen LogP contribution in [0, 0.1) is 11.6 Å². The Bertz CT molecular complexity index is 1210. The predicted molar refractivity (Wildman–Crippen MR) is 105 cm³/mol. The third-order valence-electron chi connectivity index (χ3n) is 4.36. The van der Waals surface area contributed by atoms with Gasteiger partial charge in [0, 0.05) is 27.4 Å². The molecule has 2 aromatic carbocycles. The number of aromatic nitrogens is 4. The van der Waals surface area contributed by atoms with Gasteiger partial charge in [0.25, 0.3) is 0 Å². The number of hydrogen-bond donors (Lipinski definition) is 0. The van der Waals surface area contributed by atoms with Crippen LogP contribution in [0.15, 0.2) is 47.2 Å². The van der Waals surface area contributed by atoms with Crippen molar-refractivity contribution in [2.45, 2.75) is 6.42 Å². The molecule has 28 heavy (non-hydrogen) atoms. The lowest BCUT2D eigenvalue weighted by molar-refractivity contribution is 0.327. The Kier molecular flexibility index (Phi) is 4.21. The molecule has 0 radical (unpaired) electrons. The van der Waals surface area contributed by atoms with Crippen LogP contribution in [0.2, 0.25) is 0 Å². The minimum absolute atomic E-state index is 0.116. The third-order valence-corrected chi connectivity index (χ3v) is 5.96. The molecule has 0 unspecified atom stereocenters. The van der Waals surface area contributed by atoms with Crippen LogP contribution in [0.25, 0.3) is 27.8 Å². The Hall–Kier alpha value is -2.65. The number of nitrogens with zero attached hydrogens (tertiary/aromatic N) is 4. The van der Waals surface area contributed by atoms with Crippen LogP contribution >= 0.6 is 27.3 Å². The summed E-state index contributed by atoms with van der Waals surface area (Å²) in [5.74, 6) is -0.190. The van der Waals surface area contributed by atoms with Gasteiger partial charge in [0.2, 0.25) is 0 Å². The summed E-state index contributed by atoms with van der Waals surface area (Å²) in [4.78, 5) is 10.1. The molecular formula is C19H11BrF2N4OS. The van der Waals surface area contributed by atoms with Crippen molar-refractivity contribution in [3.8, 4) is 33.5 Å². The van der Waals surface area contributed by atoms with Gasteiger partial charge < -0.3 is 4.74 Å². The molecule has 0 amide bonds. The fourth-order valence-electron chi connectivity index (χ4n) is 3.11. The lowest BCUT2D eigenvalue weighted by Crippen LogP contribution is -2.02. The molecule has 5 nitrogen and oxygen atoms in total. The Morgan fingerprint density at radius 3 is 2.89 bits per heavy atom. The van der Waals surface area contributed by atoms with E-state index in [4.69, 9.17) is 9.72 Å². The highest BCUT2D eigenvalue weighted by Gasteiger charge is 2.24. The second-order valence-electron chi connectivity index (χ2n) is 6.12. The maximum absolute atomic E-state index is 14.3. The molecule has 0 spiro atoms. The van der Waals surface area contributed by atoms with Crippen molar-refractivity contribution in [3.63, 3.8) is 0 Å². The molecule has 140 valence electrons. The normalized spacial score (nSPS) is 12.8. The van der Waals surface area contributed by atoms with E-state index in [1.165, 1.54) is 34.5 Å². The zero-order valence-corrected chi connectivity index (χ0v) is 16.6.